The van der Waals surface area contributed by atoms with Gasteiger partial charge in [0, 0.05) is 25.0 Å². The standard InChI is InChI=1S/C15H19ClO3/c1-17-9-10-18-11-12-19-15-7-4-6-14(13-15)5-2-3-8-16/h4,6-7,13H,3,8-12H2,1H3. The highest BCUT2D eigenvalue weighted by Crippen LogP contribution is 2.12. The van der Waals surface area contributed by atoms with Crippen molar-refractivity contribution in [2.75, 3.05) is 39.4 Å². The van der Waals surface area contributed by atoms with Crippen LogP contribution in [-0.4, -0.2) is 39.4 Å². The van der Waals surface area contributed by atoms with Crippen molar-refractivity contribution in [1.29, 1.82) is 0 Å². The first-order chi connectivity index (χ1) is 9.36. The van der Waals surface area contributed by atoms with Gasteiger partial charge in [0.1, 0.15) is 12.4 Å². The lowest BCUT2D eigenvalue weighted by atomic mass is 10.2. The lowest BCUT2D eigenvalue weighted by Gasteiger charge is -2.07. The minimum atomic E-state index is 0.516. The number of alkyl halides is 1. The third-order valence-corrected chi connectivity index (χ3v) is 2.40. The molecule has 0 atom stereocenters. The van der Waals surface area contributed by atoms with Gasteiger partial charge in [0.15, 0.2) is 0 Å². The van der Waals surface area contributed by atoms with Crippen molar-refractivity contribution in [1.82, 2.24) is 0 Å². The number of rotatable bonds is 8. The molecule has 0 radical (unpaired) electrons. The molecule has 0 fully saturated rings. The number of hydrogen-bond acceptors (Lipinski definition) is 3. The molecular formula is C15H19ClO3. The molecular weight excluding hydrogens is 264 g/mol. The summed E-state index contributed by atoms with van der Waals surface area (Å²) in [4.78, 5) is 0. The fourth-order valence-electron chi connectivity index (χ4n) is 1.34. The van der Waals surface area contributed by atoms with Crippen LogP contribution in [0.5, 0.6) is 5.75 Å². The van der Waals surface area contributed by atoms with Crippen molar-refractivity contribution in [3.63, 3.8) is 0 Å². The molecule has 0 aliphatic carbocycles. The molecule has 0 aliphatic rings. The Balaban J connectivity index is 2.30. The highest BCUT2D eigenvalue weighted by atomic mass is 35.5. The van der Waals surface area contributed by atoms with Gasteiger partial charge in [-0.05, 0) is 18.2 Å². The summed E-state index contributed by atoms with van der Waals surface area (Å²) in [5, 5.41) is 0. The van der Waals surface area contributed by atoms with Crippen molar-refractivity contribution in [2.45, 2.75) is 6.42 Å². The average Bonchev–Trinajstić information content (AvgIpc) is 2.43. The van der Waals surface area contributed by atoms with Crippen molar-refractivity contribution < 1.29 is 14.2 Å². The maximum Gasteiger partial charge on any atom is 0.120 e. The Bertz CT molecular complexity index is 409. The molecule has 1 aromatic carbocycles. The van der Waals surface area contributed by atoms with E-state index in [1.165, 1.54) is 0 Å². The summed E-state index contributed by atoms with van der Waals surface area (Å²) < 4.78 is 15.8. The highest BCUT2D eigenvalue weighted by Gasteiger charge is 1.95. The van der Waals surface area contributed by atoms with E-state index in [9.17, 15) is 0 Å². The van der Waals surface area contributed by atoms with Crippen LogP contribution in [0.3, 0.4) is 0 Å². The van der Waals surface area contributed by atoms with Gasteiger partial charge < -0.3 is 14.2 Å². The van der Waals surface area contributed by atoms with E-state index in [0.29, 0.717) is 38.7 Å². The molecule has 0 spiro atoms. The Morgan fingerprint density at radius 3 is 2.79 bits per heavy atom. The van der Waals surface area contributed by atoms with Crippen molar-refractivity contribution >= 4 is 11.6 Å². The Kier molecular flexibility index (Phi) is 8.91. The smallest absolute Gasteiger partial charge is 0.120 e. The first-order valence-electron chi connectivity index (χ1n) is 6.21. The predicted octanol–water partition coefficient (Wildman–Crippen LogP) is 2.71. The predicted molar refractivity (Wildman–Crippen MR) is 76.8 cm³/mol. The lowest BCUT2D eigenvalue weighted by molar-refractivity contribution is 0.0544. The Morgan fingerprint density at radius 2 is 2.00 bits per heavy atom. The van der Waals surface area contributed by atoms with Crippen molar-refractivity contribution in [3.8, 4) is 17.6 Å². The van der Waals surface area contributed by atoms with Gasteiger partial charge in [-0.2, -0.15) is 0 Å². The van der Waals surface area contributed by atoms with Gasteiger partial charge in [-0.3, -0.25) is 0 Å². The second-order valence-electron chi connectivity index (χ2n) is 3.72. The second-order valence-corrected chi connectivity index (χ2v) is 4.10. The molecule has 4 heteroatoms. The van der Waals surface area contributed by atoms with Crippen LogP contribution in [0.2, 0.25) is 0 Å². The van der Waals surface area contributed by atoms with Crippen molar-refractivity contribution in [3.05, 3.63) is 29.8 Å². The maximum atomic E-state index is 5.57. The van der Waals surface area contributed by atoms with Crippen LogP contribution in [0.25, 0.3) is 0 Å². The summed E-state index contributed by atoms with van der Waals surface area (Å²) in [6.07, 6.45) is 0.694. The van der Waals surface area contributed by atoms with E-state index in [4.69, 9.17) is 25.8 Å². The zero-order chi connectivity index (χ0) is 13.8. The highest BCUT2D eigenvalue weighted by molar-refractivity contribution is 6.18. The van der Waals surface area contributed by atoms with E-state index in [1.54, 1.807) is 7.11 Å². The summed E-state index contributed by atoms with van der Waals surface area (Å²) >= 11 is 5.57. The van der Waals surface area contributed by atoms with Gasteiger partial charge in [0.05, 0.1) is 19.8 Å². The molecule has 104 valence electrons. The third-order valence-electron chi connectivity index (χ3n) is 2.21. The molecule has 1 aromatic rings. The van der Waals surface area contributed by atoms with Crippen LogP contribution in [-0.2, 0) is 9.47 Å². The molecule has 19 heavy (non-hydrogen) atoms. The van der Waals surface area contributed by atoms with Crippen LogP contribution in [0, 0.1) is 11.8 Å². The molecule has 1 rings (SSSR count). The number of hydrogen-bond donors (Lipinski definition) is 0. The van der Waals surface area contributed by atoms with E-state index >= 15 is 0 Å². The fraction of sp³-hybridized carbons (Fsp3) is 0.467. The number of halogens is 1. The van der Waals surface area contributed by atoms with Gasteiger partial charge in [0.2, 0.25) is 0 Å². The Labute approximate surface area is 119 Å². The topological polar surface area (TPSA) is 27.7 Å². The van der Waals surface area contributed by atoms with Crippen LogP contribution >= 0.6 is 11.6 Å². The largest absolute Gasteiger partial charge is 0.491 e. The number of methoxy groups -OCH3 is 1. The van der Waals surface area contributed by atoms with Gasteiger partial charge in [-0.25, -0.2) is 0 Å². The SMILES string of the molecule is COCCOCCOc1cccc(C#CCCCl)c1. The Morgan fingerprint density at radius 1 is 1.16 bits per heavy atom. The van der Waals surface area contributed by atoms with Gasteiger partial charge in [-0.1, -0.05) is 17.9 Å². The molecule has 0 aromatic heterocycles. The van der Waals surface area contributed by atoms with Crippen molar-refractivity contribution in [2.24, 2.45) is 0 Å². The van der Waals surface area contributed by atoms with Crippen LogP contribution in [0.15, 0.2) is 24.3 Å². The summed E-state index contributed by atoms with van der Waals surface area (Å²) in [6.45, 7) is 2.25. The molecule has 0 heterocycles. The minimum absolute atomic E-state index is 0.516. The van der Waals surface area contributed by atoms with E-state index < -0.39 is 0 Å². The molecule has 0 N–H and O–H groups in total. The average molecular weight is 283 g/mol. The molecule has 0 bridgehead atoms. The fourth-order valence-corrected chi connectivity index (χ4v) is 1.43. The molecule has 0 unspecified atom stereocenters. The summed E-state index contributed by atoms with van der Waals surface area (Å²) in [5.41, 5.74) is 0.933. The third kappa shape index (κ3) is 7.74. The quantitative estimate of drug-likeness (QED) is 0.417. The monoisotopic (exact) mass is 282 g/mol. The number of ether oxygens (including phenoxy) is 3. The zero-order valence-corrected chi connectivity index (χ0v) is 11.9. The van der Waals surface area contributed by atoms with Crippen LogP contribution < -0.4 is 4.74 Å². The van der Waals surface area contributed by atoms with E-state index in [2.05, 4.69) is 11.8 Å². The molecule has 3 nitrogen and oxygen atoms in total. The molecule has 0 aliphatic heterocycles. The molecule has 0 amide bonds. The van der Waals surface area contributed by atoms with Gasteiger partial charge in [0.25, 0.3) is 0 Å². The lowest BCUT2D eigenvalue weighted by Crippen LogP contribution is -2.09. The van der Waals surface area contributed by atoms with Gasteiger partial charge >= 0.3 is 0 Å². The van der Waals surface area contributed by atoms with E-state index in [-0.39, 0.29) is 0 Å². The van der Waals surface area contributed by atoms with Gasteiger partial charge in [-0.15, -0.1) is 11.6 Å². The molecule has 0 saturated heterocycles. The van der Waals surface area contributed by atoms with E-state index in [0.717, 1.165) is 11.3 Å². The number of benzene rings is 1. The summed E-state index contributed by atoms with van der Waals surface area (Å²) in [5.74, 6) is 7.39. The Hall–Kier alpha value is -1.21. The zero-order valence-electron chi connectivity index (χ0n) is 11.2. The normalized spacial score (nSPS) is 9.79. The summed E-state index contributed by atoms with van der Waals surface area (Å²) in [6, 6.07) is 7.69. The second kappa shape index (κ2) is 10.7. The van der Waals surface area contributed by atoms with Crippen LogP contribution in [0.4, 0.5) is 0 Å². The molecule has 0 saturated carbocycles. The van der Waals surface area contributed by atoms with E-state index in [1.807, 2.05) is 24.3 Å². The summed E-state index contributed by atoms with van der Waals surface area (Å²) in [7, 11) is 1.65. The first kappa shape index (κ1) is 15.8. The van der Waals surface area contributed by atoms with Crippen LogP contribution in [0.1, 0.15) is 12.0 Å². The first-order valence-corrected chi connectivity index (χ1v) is 6.74. The maximum absolute atomic E-state index is 5.57. The minimum Gasteiger partial charge on any atom is -0.491 e.